The largest absolute Gasteiger partial charge is 0.352 e. The Kier molecular flexibility index (Phi) is 4.15. The Balaban J connectivity index is 2.19. The number of hydrogen-bond donors (Lipinski definition) is 1. The second-order valence-electron chi connectivity index (χ2n) is 4.86. The highest BCUT2D eigenvalue weighted by Gasteiger charge is 2.31. The van der Waals surface area contributed by atoms with Crippen LogP contribution in [0, 0.1) is 15.9 Å². The highest BCUT2D eigenvalue weighted by molar-refractivity contribution is 5.98. The van der Waals surface area contributed by atoms with Crippen LogP contribution in [0.2, 0.25) is 0 Å². The lowest BCUT2D eigenvalue weighted by Gasteiger charge is -2.16. The molecule has 1 atom stereocenters. The van der Waals surface area contributed by atoms with E-state index >= 15 is 0 Å². The SMILES string of the molecule is CC(=O)NC1CCN(C(=O)c2cc(F)ccc2[N+](=O)[O-])C1. The van der Waals surface area contributed by atoms with Crippen LogP contribution < -0.4 is 5.32 Å². The normalized spacial score (nSPS) is 17.6. The average molecular weight is 295 g/mol. The first kappa shape index (κ1) is 14.9. The van der Waals surface area contributed by atoms with Crippen molar-refractivity contribution in [3.8, 4) is 0 Å². The standard InChI is InChI=1S/C13H14FN3O4/c1-8(18)15-10-4-5-16(7-10)13(19)11-6-9(14)2-3-12(11)17(20)21/h2-3,6,10H,4-5,7H2,1H3,(H,15,18). The Morgan fingerprint density at radius 1 is 1.48 bits per heavy atom. The molecule has 7 nitrogen and oxygen atoms in total. The molecule has 0 bridgehead atoms. The molecule has 1 unspecified atom stereocenters. The topological polar surface area (TPSA) is 92.6 Å². The molecule has 0 aromatic heterocycles. The summed E-state index contributed by atoms with van der Waals surface area (Å²) < 4.78 is 13.3. The molecule has 0 radical (unpaired) electrons. The minimum absolute atomic E-state index is 0.181. The number of carbonyl (C=O) groups excluding carboxylic acids is 2. The molecule has 1 N–H and O–H groups in total. The lowest BCUT2D eigenvalue weighted by atomic mass is 10.1. The van der Waals surface area contributed by atoms with E-state index < -0.39 is 22.3 Å². The van der Waals surface area contributed by atoms with Crippen LogP contribution in [0.5, 0.6) is 0 Å². The molecule has 1 heterocycles. The van der Waals surface area contributed by atoms with E-state index in [2.05, 4.69) is 5.32 Å². The fourth-order valence-electron chi connectivity index (χ4n) is 2.36. The third kappa shape index (κ3) is 3.33. The van der Waals surface area contributed by atoms with Crippen LogP contribution in [0.25, 0.3) is 0 Å². The summed E-state index contributed by atoms with van der Waals surface area (Å²) >= 11 is 0. The lowest BCUT2D eigenvalue weighted by Crippen LogP contribution is -2.37. The first-order chi connectivity index (χ1) is 9.88. The number of nitrogens with one attached hydrogen (secondary N) is 1. The number of carbonyl (C=O) groups is 2. The van der Waals surface area contributed by atoms with E-state index in [0.717, 1.165) is 18.2 Å². The second-order valence-corrected chi connectivity index (χ2v) is 4.86. The molecule has 112 valence electrons. The van der Waals surface area contributed by atoms with Crippen LogP contribution in [-0.4, -0.2) is 40.8 Å². The molecule has 1 aliphatic rings. The number of nitrogens with zero attached hydrogens (tertiary/aromatic N) is 2. The second kappa shape index (κ2) is 5.86. The fourth-order valence-corrected chi connectivity index (χ4v) is 2.36. The number of hydrogen-bond acceptors (Lipinski definition) is 4. The molecule has 1 aromatic carbocycles. The zero-order valence-corrected chi connectivity index (χ0v) is 11.3. The van der Waals surface area contributed by atoms with Gasteiger partial charge in [0.25, 0.3) is 11.6 Å². The van der Waals surface area contributed by atoms with E-state index in [1.54, 1.807) is 0 Å². The number of nitro groups is 1. The molecule has 8 heteroatoms. The molecular weight excluding hydrogens is 281 g/mol. The van der Waals surface area contributed by atoms with Crippen molar-refractivity contribution >= 4 is 17.5 Å². The van der Waals surface area contributed by atoms with Crippen molar-refractivity contribution < 1.29 is 18.9 Å². The predicted octanol–water partition coefficient (Wildman–Crippen LogP) is 1.08. The Labute approximate surface area is 119 Å². The molecule has 1 fully saturated rings. The van der Waals surface area contributed by atoms with Crippen LogP contribution >= 0.6 is 0 Å². The van der Waals surface area contributed by atoms with Crippen molar-refractivity contribution in [2.75, 3.05) is 13.1 Å². The molecule has 0 saturated carbocycles. The monoisotopic (exact) mass is 295 g/mol. The molecule has 1 aliphatic heterocycles. The quantitative estimate of drug-likeness (QED) is 0.667. The maximum absolute atomic E-state index is 13.3. The van der Waals surface area contributed by atoms with Crippen molar-refractivity contribution in [1.29, 1.82) is 0 Å². The summed E-state index contributed by atoms with van der Waals surface area (Å²) in [4.78, 5) is 34.9. The van der Waals surface area contributed by atoms with Crippen molar-refractivity contribution in [1.82, 2.24) is 10.2 Å². The average Bonchev–Trinajstić information content (AvgIpc) is 2.85. The number of benzene rings is 1. The van der Waals surface area contributed by atoms with Gasteiger partial charge in [-0.05, 0) is 18.6 Å². The number of likely N-dealkylation sites (tertiary alicyclic amines) is 1. The number of nitro benzene ring substituents is 1. The van der Waals surface area contributed by atoms with Gasteiger partial charge in [-0.15, -0.1) is 0 Å². The van der Waals surface area contributed by atoms with E-state index in [4.69, 9.17) is 0 Å². The molecule has 0 spiro atoms. The minimum Gasteiger partial charge on any atom is -0.352 e. The number of amides is 2. The van der Waals surface area contributed by atoms with Gasteiger partial charge in [-0.25, -0.2) is 4.39 Å². The van der Waals surface area contributed by atoms with Gasteiger partial charge in [0.1, 0.15) is 11.4 Å². The minimum atomic E-state index is -0.714. The summed E-state index contributed by atoms with van der Waals surface area (Å²) in [5.74, 6) is -1.51. The third-order valence-electron chi connectivity index (χ3n) is 3.27. The maximum Gasteiger partial charge on any atom is 0.282 e. The zero-order chi connectivity index (χ0) is 15.6. The van der Waals surface area contributed by atoms with Gasteiger partial charge in [0.2, 0.25) is 5.91 Å². The summed E-state index contributed by atoms with van der Waals surface area (Å²) in [6.45, 7) is 1.99. The lowest BCUT2D eigenvalue weighted by molar-refractivity contribution is -0.385. The highest BCUT2D eigenvalue weighted by Crippen LogP contribution is 2.23. The Morgan fingerprint density at radius 2 is 2.19 bits per heavy atom. The summed E-state index contributed by atoms with van der Waals surface area (Å²) in [5.41, 5.74) is -0.701. The van der Waals surface area contributed by atoms with Crippen molar-refractivity contribution in [3.63, 3.8) is 0 Å². The van der Waals surface area contributed by atoms with E-state index in [0.29, 0.717) is 13.0 Å². The van der Waals surface area contributed by atoms with Crippen molar-refractivity contribution in [3.05, 3.63) is 39.7 Å². The summed E-state index contributed by atoms with van der Waals surface area (Å²) in [6, 6.07) is 2.61. The van der Waals surface area contributed by atoms with E-state index in [9.17, 15) is 24.1 Å². The van der Waals surface area contributed by atoms with Gasteiger partial charge in [0.15, 0.2) is 0 Å². The molecular formula is C13H14FN3O4. The van der Waals surface area contributed by atoms with Crippen LogP contribution in [0.15, 0.2) is 18.2 Å². The van der Waals surface area contributed by atoms with E-state index in [1.165, 1.54) is 11.8 Å². The molecule has 2 rings (SSSR count). The third-order valence-corrected chi connectivity index (χ3v) is 3.27. The van der Waals surface area contributed by atoms with Gasteiger partial charge in [0, 0.05) is 32.1 Å². The first-order valence-electron chi connectivity index (χ1n) is 6.39. The van der Waals surface area contributed by atoms with Crippen LogP contribution in [0.1, 0.15) is 23.7 Å². The van der Waals surface area contributed by atoms with Gasteiger partial charge in [-0.1, -0.05) is 0 Å². The smallest absolute Gasteiger partial charge is 0.282 e. The van der Waals surface area contributed by atoms with E-state index in [-0.39, 0.29) is 24.1 Å². The van der Waals surface area contributed by atoms with Gasteiger partial charge < -0.3 is 10.2 Å². The van der Waals surface area contributed by atoms with Gasteiger partial charge in [0.05, 0.1) is 4.92 Å². The molecule has 21 heavy (non-hydrogen) atoms. The fraction of sp³-hybridized carbons (Fsp3) is 0.385. The summed E-state index contributed by atoms with van der Waals surface area (Å²) in [5, 5.41) is 13.6. The zero-order valence-electron chi connectivity index (χ0n) is 11.3. The Hall–Kier alpha value is -2.51. The van der Waals surface area contributed by atoms with Gasteiger partial charge in [-0.3, -0.25) is 19.7 Å². The van der Waals surface area contributed by atoms with E-state index in [1.807, 2.05) is 0 Å². The predicted molar refractivity (Wildman–Crippen MR) is 71.2 cm³/mol. The number of rotatable bonds is 3. The summed E-state index contributed by atoms with van der Waals surface area (Å²) in [7, 11) is 0. The van der Waals surface area contributed by atoms with Crippen molar-refractivity contribution in [2.45, 2.75) is 19.4 Å². The molecule has 2 amide bonds. The Bertz CT molecular complexity index is 605. The van der Waals surface area contributed by atoms with Crippen LogP contribution in [0.4, 0.5) is 10.1 Å². The van der Waals surface area contributed by atoms with Crippen LogP contribution in [-0.2, 0) is 4.79 Å². The maximum atomic E-state index is 13.3. The Morgan fingerprint density at radius 3 is 2.81 bits per heavy atom. The molecule has 1 aromatic rings. The van der Waals surface area contributed by atoms with Crippen molar-refractivity contribution in [2.24, 2.45) is 0 Å². The molecule has 0 aliphatic carbocycles. The van der Waals surface area contributed by atoms with Gasteiger partial charge in [-0.2, -0.15) is 0 Å². The highest BCUT2D eigenvalue weighted by atomic mass is 19.1. The first-order valence-corrected chi connectivity index (χ1v) is 6.39. The number of halogens is 1. The van der Waals surface area contributed by atoms with Gasteiger partial charge >= 0.3 is 0 Å². The molecule has 1 saturated heterocycles. The van der Waals surface area contributed by atoms with Crippen LogP contribution in [0.3, 0.4) is 0 Å². The summed E-state index contributed by atoms with van der Waals surface area (Å²) in [6.07, 6.45) is 0.564.